The van der Waals surface area contributed by atoms with Crippen LogP contribution in [0.25, 0.3) is 12.2 Å². The molecule has 0 aliphatic heterocycles. The Morgan fingerprint density at radius 3 is 2.39 bits per heavy atom. The number of rotatable bonds is 9. The van der Waals surface area contributed by atoms with Crippen LogP contribution in [-0.2, 0) is 20.7 Å². The molecule has 0 heterocycles. The first-order valence-electron chi connectivity index (χ1n) is 9.43. The van der Waals surface area contributed by atoms with Gasteiger partial charge in [0, 0.05) is 5.56 Å². The molecule has 0 saturated heterocycles. The summed E-state index contributed by atoms with van der Waals surface area (Å²) in [4.78, 5) is 35.2. The topological polar surface area (TPSA) is 88.1 Å². The minimum atomic E-state index is -1.28. The van der Waals surface area contributed by atoms with Crippen molar-refractivity contribution in [2.45, 2.75) is 19.8 Å². The third kappa shape index (κ3) is 6.30. The Labute approximate surface area is 180 Å². The smallest absolute Gasteiger partial charge is 0.496 e. The summed E-state index contributed by atoms with van der Waals surface area (Å²) < 4.78 is 20.0. The molecule has 2 rings (SSSR count). The molecule has 162 valence electrons. The largest absolute Gasteiger partial charge is 0.521 e. The number of methoxy groups -OCH3 is 2. The minimum absolute atomic E-state index is 0.00930. The third-order valence-electron chi connectivity index (χ3n) is 4.37. The summed E-state index contributed by atoms with van der Waals surface area (Å²) >= 11 is 0. The van der Waals surface area contributed by atoms with Crippen molar-refractivity contribution in [1.82, 2.24) is 0 Å². The van der Waals surface area contributed by atoms with Gasteiger partial charge in [-0.1, -0.05) is 48.1 Å². The van der Waals surface area contributed by atoms with Crippen LogP contribution in [0.1, 0.15) is 40.4 Å². The lowest BCUT2D eigenvalue weighted by Gasteiger charge is -2.18. The minimum Gasteiger partial charge on any atom is -0.496 e. The first kappa shape index (κ1) is 23.4. The first-order valence-corrected chi connectivity index (χ1v) is 9.43. The molecule has 0 unspecified atom stereocenters. The van der Waals surface area contributed by atoms with Crippen molar-refractivity contribution >= 4 is 30.7 Å². The van der Waals surface area contributed by atoms with E-state index in [-0.39, 0.29) is 17.8 Å². The third-order valence-corrected chi connectivity index (χ3v) is 4.37. The molecular weight excluding hydrogens is 400 g/mol. The number of hydrogen-bond donors (Lipinski definition) is 0. The molecular formula is C24H24O7. The van der Waals surface area contributed by atoms with Crippen molar-refractivity contribution in [2.75, 3.05) is 14.2 Å². The van der Waals surface area contributed by atoms with Crippen LogP contribution in [0.5, 0.6) is 11.5 Å². The van der Waals surface area contributed by atoms with Gasteiger partial charge in [0.15, 0.2) is 5.75 Å². The van der Waals surface area contributed by atoms with Gasteiger partial charge in [0.05, 0.1) is 14.2 Å². The molecule has 0 aliphatic rings. The van der Waals surface area contributed by atoms with Gasteiger partial charge in [-0.3, -0.25) is 4.79 Å². The maximum Gasteiger partial charge on any atom is 0.521 e. The van der Waals surface area contributed by atoms with Crippen LogP contribution >= 0.6 is 0 Å². The molecule has 7 nitrogen and oxygen atoms in total. The Kier molecular flexibility index (Phi) is 8.57. The summed E-state index contributed by atoms with van der Waals surface area (Å²) in [5, 5.41) is 0. The molecule has 0 saturated carbocycles. The highest BCUT2D eigenvalue weighted by molar-refractivity contribution is 5.99. The van der Waals surface area contributed by atoms with Gasteiger partial charge in [-0.15, -0.1) is 6.58 Å². The molecule has 2 aromatic rings. The molecule has 0 spiro atoms. The van der Waals surface area contributed by atoms with Crippen LogP contribution in [0.4, 0.5) is 4.79 Å². The predicted octanol–water partition coefficient (Wildman–Crippen LogP) is 4.83. The van der Waals surface area contributed by atoms with Crippen molar-refractivity contribution in [3.8, 4) is 11.5 Å². The van der Waals surface area contributed by atoms with E-state index >= 15 is 0 Å². The lowest BCUT2D eigenvalue weighted by atomic mass is 9.96. The molecule has 31 heavy (non-hydrogen) atoms. The number of hydrogen-bond acceptors (Lipinski definition) is 7. The van der Waals surface area contributed by atoms with Crippen LogP contribution in [0.3, 0.4) is 0 Å². The van der Waals surface area contributed by atoms with Crippen LogP contribution in [-0.4, -0.2) is 32.8 Å². The van der Waals surface area contributed by atoms with Crippen molar-refractivity contribution in [3.05, 3.63) is 70.8 Å². The van der Waals surface area contributed by atoms with E-state index in [1.165, 1.54) is 14.2 Å². The van der Waals surface area contributed by atoms with Crippen molar-refractivity contribution in [3.63, 3.8) is 0 Å². The summed E-state index contributed by atoms with van der Waals surface area (Å²) in [6.07, 6.45) is 3.12. The molecule has 0 radical (unpaired) electrons. The van der Waals surface area contributed by atoms with Crippen molar-refractivity contribution < 1.29 is 33.3 Å². The highest BCUT2D eigenvalue weighted by Crippen LogP contribution is 2.38. The van der Waals surface area contributed by atoms with Gasteiger partial charge in [0.2, 0.25) is 0 Å². The van der Waals surface area contributed by atoms with E-state index in [2.05, 4.69) is 11.3 Å². The summed E-state index contributed by atoms with van der Waals surface area (Å²) in [5.74, 6) is -0.414. The van der Waals surface area contributed by atoms with Crippen LogP contribution in [0, 0.1) is 0 Å². The number of ether oxygens (including phenoxy) is 4. The molecule has 2 aromatic carbocycles. The van der Waals surface area contributed by atoms with E-state index < -0.39 is 12.1 Å². The second kappa shape index (κ2) is 11.3. The molecule has 0 N–H and O–H groups in total. The van der Waals surface area contributed by atoms with Gasteiger partial charge in [0.25, 0.3) is 0 Å². The molecule has 0 aliphatic carbocycles. The van der Waals surface area contributed by atoms with Crippen molar-refractivity contribution in [2.24, 2.45) is 0 Å². The Balaban J connectivity index is 2.72. The quantitative estimate of drug-likeness (QED) is 0.142. The zero-order valence-corrected chi connectivity index (χ0v) is 17.7. The van der Waals surface area contributed by atoms with E-state index in [9.17, 15) is 14.4 Å². The predicted molar refractivity (Wildman–Crippen MR) is 116 cm³/mol. The van der Waals surface area contributed by atoms with Gasteiger partial charge in [0.1, 0.15) is 11.3 Å². The zero-order chi connectivity index (χ0) is 22.8. The molecule has 0 amide bonds. The van der Waals surface area contributed by atoms with Crippen LogP contribution in [0.15, 0.2) is 48.6 Å². The first-order chi connectivity index (χ1) is 14.9. The Morgan fingerprint density at radius 1 is 1.10 bits per heavy atom. The highest BCUT2D eigenvalue weighted by atomic mass is 16.7. The number of benzene rings is 2. The Hall–Kier alpha value is -3.87. The standard InChI is InChI=1S/C24H24O7/c1-16(2)10-13-19-20(28-3)14-18(12-11-17-8-6-5-7-9-17)21(23(26)29-4)22(19)31-24(27)30-15-25/h5-9,11-12,14-15H,1,10,13H2,2-4H3. The molecule has 0 atom stereocenters. The number of allylic oxidation sites excluding steroid dienone is 1. The average molecular weight is 424 g/mol. The van der Waals surface area contributed by atoms with E-state index in [0.717, 1.165) is 11.1 Å². The van der Waals surface area contributed by atoms with E-state index in [0.29, 0.717) is 29.7 Å². The number of carbonyl (C=O) groups excluding carboxylic acids is 3. The van der Waals surface area contributed by atoms with Gasteiger partial charge in [-0.2, -0.15) is 0 Å². The second-order valence-corrected chi connectivity index (χ2v) is 6.61. The van der Waals surface area contributed by atoms with E-state index in [4.69, 9.17) is 14.2 Å². The maximum atomic E-state index is 12.7. The molecule has 0 fully saturated rings. The fraction of sp³-hybridized carbons (Fsp3) is 0.208. The lowest BCUT2D eigenvalue weighted by molar-refractivity contribution is -0.124. The Morgan fingerprint density at radius 2 is 1.81 bits per heavy atom. The van der Waals surface area contributed by atoms with Crippen LogP contribution in [0.2, 0.25) is 0 Å². The monoisotopic (exact) mass is 424 g/mol. The van der Waals surface area contributed by atoms with Crippen LogP contribution < -0.4 is 9.47 Å². The van der Waals surface area contributed by atoms with Gasteiger partial charge in [-0.25, -0.2) is 9.59 Å². The lowest BCUT2D eigenvalue weighted by Crippen LogP contribution is -2.16. The zero-order valence-electron chi connectivity index (χ0n) is 17.7. The molecule has 7 heteroatoms. The highest BCUT2D eigenvalue weighted by Gasteiger charge is 2.27. The maximum absolute atomic E-state index is 12.7. The van der Waals surface area contributed by atoms with Gasteiger partial charge < -0.3 is 18.9 Å². The van der Waals surface area contributed by atoms with E-state index in [1.54, 1.807) is 18.2 Å². The fourth-order valence-electron chi connectivity index (χ4n) is 2.91. The second-order valence-electron chi connectivity index (χ2n) is 6.61. The number of esters is 1. The summed E-state index contributed by atoms with van der Waals surface area (Å²) in [6, 6.07) is 11.1. The van der Waals surface area contributed by atoms with Gasteiger partial charge in [-0.05, 0) is 37.0 Å². The van der Waals surface area contributed by atoms with E-state index in [1.807, 2.05) is 37.3 Å². The molecule has 0 aromatic heterocycles. The average Bonchev–Trinajstić information content (AvgIpc) is 2.76. The summed E-state index contributed by atoms with van der Waals surface area (Å²) in [6.45, 7) is 5.68. The SMILES string of the molecule is C=C(C)CCc1c(OC)cc(C=Cc2ccccc2)c(C(=O)OC)c1OC(=O)OC=O. The normalized spacial score (nSPS) is 10.4. The molecule has 0 bridgehead atoms. The Bertz CT molecular complexity index is 991. The fourth-order valence-corrected chi connectivity index (χ4v) is 2.91. The van der Waals surface area contributed by atoms with Crippen molar-refractivity contribution in [1.29, 1.82) is 0 Å². The summed E-state index contributed by atoms with van der Waals surface area (Å²) in [7, 11) is 2.69. The van der Waals surface area contributed by atoms with Gasteiger partial charge >= 0.3 is 18.6 Å². The summed E-state index contributed by atoms with van der Waals surface area (Å²) in [5.41, 5.74) is 2.64. The number of carbonyl (C=O) groups is 3.